The third kappa shape index (κ3) is 4.22. The summed E-state index contributed by atoms with van der Waals surface area (Å²) < 4.78 is 2.04. The Kier molecular flexibility index (Phi) is 6.10. The summed E-state index contributed by atoms with van der Waals surface area (Å²) in [6.45, 7) is 7.82. The number of fused-ring (bicyclic) bond motifs is 3. The highest BCUT2D eigenvalue weighted by Gasteiger charge is 2.32. The van der Waals surface area contributed by atoms with Gasteiger partial charge in [-0.05, 0) is 51.8 Å². The number of aryl methyl sites for hydroxylation is 2. The Morgan fingerprint density at radius 2 is 1.94 bits per heavy atom. The number of nitrogens with zero attached hydrogens (tertiary/aromatic N) is 4. The number of aliphatic hydroxyl groups excluding tert-OH is 1. The molecule has 1 aromatic carbocycles. The Hall–Kier alpha value is -2.35. The number of aliphatic imine (C=N–C) groups is 1. The van der Waals surface area contributed by atoms with Crippen molar-refractivity contribution in [2.75, 3.05) is 0 Å². The zero-order chi connectivity index (χ0) is 22.3. The zero-order valence-electron chi connectivity index (χ0n) is 18.0. The summed E-state index contributed by atoms with van der Waals surface area (Å²) in [4.78, 5) is 19.0. The maximum absolute atomic E-state index is 12.7. The fraction of sp³-hybridized carbons (Fsp3) is 0.391. The van der Waals surface area contributed by atoms with E-state index in [0.717, 1.165) is 33.2 Å². The minimum Gasteiger partial charge on any atom is -0.393 e. The smallest absolute Gasteiger partial charge is 0.163 e. The van der Waals surface area contributed by atoms with E-state index in [1.165, 1.54) is 4.88 Å². The van der Waals surface area contributed by atoms with E-state index in [9.17, 15) is 9.90 Å². The van der Waals surface area contributed by atoms with Crippen LogP contribution in [0, 0.1) is 20.8 Å². The molecule has 31 heavy (non-hydrogen) atoms. The number of hydrogen-bond acceptors (Lipinski definition) is 6. The Balaban J connectivity index is 1.87. The molecule has 0 saturated carbocycles. The minimum absolute atomic E-state index is 0.0514. The van der Waals surface area contributed by atoms with Crippen LogP contribution in [0.1, 0.15) is 65.4 Å². The molecule has 3 heterocycles. The lowest BCUT2D eigenvalue weighted by atomic mass is 9.99. The molecule has 2 aromatic heterocycles. The molecule has 0 bridgehead atoms. The number of hydrogen-bond donors (Lipinski definition) is 1. The Bertz CT molecular complexity index is 1160. The second-order valence-corrected chi connectivity index (χ2v) is 9.67. The van der Waals surface area contributed by atoms with Gasteiger partial charge in [0.1, 0.15) is 22.7 Å². The topological polar surface area (TPSA) is 80.4 Å². The van der Waals surface area contributed by atoms with E-state index < -0.39 is 12.1 Å². The summed E-state index contributed by atoms with van der Waals surface area (Å²) >= 11 is 7.81. The van der Waals surface area contributed by atoms with Crippen molar-refractivity contribution < 1.29 is 9.90 Å². The van der Waals surface area contributed by atoms with E-state index in [4.69, 9.17) is 16.6 Å². The molecule has 0 saturated heterocycles. The normalized spacial score (nSPS) is 16.3. The van der Waals surface area contributed by atoms with Gasteiger partial charge in [0.15, 0.2) is 5.82 Å². The van der Waals surface area contributed by atoms with Gasteiger partial charge in [-0.2, -0.15) is 0 Å². The van der Waals surface area contributed by atoms with Crippen LogP contribution in [-0.2, 0) is 4.79 Å². The summed E-state index contributed by atoms with van der Waals surface area (Å²) in [7, 11) is 0. The van der Waals surface area contributed by atoms with Crippen molar-refractivity contribution in [3.63, 3.8) is 0 Å². The quantitative estimate of drug-likeness (QED) is 0.570. The SMILES string of the molecule is Cc1sc2c(c1C)C(c1ccc(Cl)cc1)=N[C@@H](CC(=O)CC[C@H](C)O)c1nnc(C)n1-2. The number of thiophene rings is 1. The first-order valence-electron chi connectivity index (χ1n) is 10.3. The minimum atomic E-state index is -0.505. The molecule has 2 atom stereocenters. The van der Waals surface area contributed by atoms with Gasteiger partial charge in [-0.1, -0.05) is 23.7 Å². The highest BCUT2D eigenvalue weighted by atomic mass is 35.5. The summed E-state index contributed by atoms with van der Waals surface area (Å²) in [5.74, 6) is 1.50. The molecule has 6 nitrogen and oxygen atoms in total. The number of rotatable bonds is 6. The summed E-state index contributed by atoms with van der Waals surface area (Å²) in [5, 5.41) is 20.0. The average Bonchev–Trinajstić information content (AvgIpc) is 3.19. The fourth-order valence-electron chi connectivity index (χ4n) is 3.82. The number of halogens is 1. The molecule has 1 aliphatic heterocycles. The predicted molar refractivity (Wildman–Crippen MR) is 124 cm³/mol. The second kappa shape index (κ2) is 8.65. The molecule has 8 heteroatoms. The van der Waals surface area contributed by atoms with Crippen LogP contribution in [0.3, 0.4) is 0 Å². The van der Waals surface area contributed by atoms with E-state index >= 15 is 0 Å². The number of carbonyl (C=O) groups is 1. The van der Waals surface area contributed by atoms with Crippen molar-refractivity contribution in [1.29, 1.82) is 0 Å². The first kappa shape index (κ1) is 21.9. The molecule has 1 N–H and O–H groups in total. The number of Topliss-reactive ketones (excluding diaryl/α,β-unsaturated/α-hetero) is 1. The van der Waals surface area contributed by atoms with Gasteiger partial charge in [0.2, 0.25) is 0 Å². The molecule has 162 valence electrons. The average molecular weight is 457 g/mol. The largest absolute Gasteiger partial charge is 0.393 e. The molecule has 0 aliphatic carbocycles. The third-order valence-corrected chi connectivity index (χ3v) is 7.06. The molecule has 4 rings (SSSR count). The summed E-state index contributed by atoms with van der Waals surface area (Å²) in [6, 6.07) is 7.18. The van der Waals surface area contributed by atoms with Gasteiger partial charge in [0, 0.05) is 33.9 Å². The maximum atomic E-state index is 12.7. The second-order valence-electron chi connectivity index (χ2n) is 8.04. The molecular formula is C23H25ClN4O2S. The molecule has 0 amide bonds. The van der Waals surface area contributed by atoms with Gasteiger partial charge >= 0.3 is 0 Å². The van der Waals surface area contributed by atoms with Crippen LogP contribution in [0.4, 0.5) is 0 Å². The van der Waals surface area contributed by atoms with E-state index in [1.807, 2.05) is 35.8 Å². The van der Waals surface area contributed by atoms with Gasteiger partial charge < -0.3 is 5.11 Å². The monoisotopic (exact) mass is 456 g/mol. The number of carbonyl (C=O) groups excluding carboxylic acids is 1. The van der Waals surface area contributed by atoms with Crippen molar-refractivity contribution in [3.8, 4) is 5.00 Å². The lowest BCUT2D eigenvalue weighted by Crippen LogP contribution is -2.12. The summed E-state index contributed by atoms with van der Waals surface area (Å²) in [5.41, 5.74) is 4.00. The molecular weight excluding hydrogens is 432 g/mol. The fourth-order valence-corrected chi connectivity index (χ4v) is 5.16. The molecule has 0 unspecified atom stereocenters. The highest BCUT2D eigenvalue weighted by molar-refractivity contribution is 7.15. The number of aromatic nitrogens is 3. The van der Waals surface area contributed by atoms with Crippen molar-refractivity contribution in [2.45, 2.75) is 59.1 Å². The Labute approximate surface area is 190 Å². The van der Waals surface area contributed by atoms with Crippen molar-refractivity contribution in [2.24, 2.45) is 4.99 Å². The van der Waals surface area contributed by atoms with Crippen molar-refractivity contribution >= 4 is 34.4 Å². The molecule has 0 fully saturated rings. The van der Waals surface area contributed by atoms with Crippen LogP contribution in [0.2, 0.25) is 5.02 Å². The van der Waals surface area contributed by atoms with Crippen molar-refractivity contribution in [1.82, 2.24) is 14.8 Å². The Morgan fingerprint density at radius 1 is 1.23 bits per heavy atom. The van der Waals surface area contributed by atoms with Gasteiger partial charge in [0.05, 0.1) is 11.8 Å². The lowest BCUT2D eigenvalue weighted by Gasteiger charge is -2.12. The van der Waals surface area contributed by atoms with Gasteiger partial charge in [-0.15, -0.1) is 21.5 Å². The van der Waals surface area contributed by atoms with E-state index in [1.54, 1.807) is 18.3 Å². The van der Waals surface area contributed by atoms with Crippen LogP contribution < -0.4 is 0 Å². The van der Waals surface area contributed by atoms with Gasteiger partial charge in [-0.25, -0.2) is 0 Å². The number of benzene rings is 1. The first-order chi connectivity index (χ1) is 14.8. The summed E-state index contributed by atoms with van der Waals surface area (Å²) in [6.07, 6.45) is 0.466. The molecule has 0 spiro atoms. The standard InChI is InChI=1S/C23H25ClN4O2S/c1-12(29)5-10-18(30)11-19-22-27-26-15(4)28(22)23-20(13(2)14(3)31-23)21(25-19)16-6-8-17(24)9-7-16/h6-9,12,19,29H,5,10-11H2,1-4H3/t12-,19-/m0/s1. The number of ketones is 1. The molecule has 0 radical (unpaired) electrons. The number of aliphatic hydroxyl groups is 1. The maximum Gasteiger partial charge on any atom is 0.163 e. The van der Waals surface area contributed by atoms with Crippen LogP contribution >= 0.6 is 22.9 Å². The van der Waals surface area contributed by atoms with Crippen LogP contribution in [0.15, 0.2) is 29.3 Å². The van der Waals surface area contributed by atoms with E-state index in [-0.39, 0.29) is 12.2 Å². The van der Waals surface area contributed by atoms with Crippen LogP contribution in [0.25, 0.3) is 5.00 Å². The van der Waals surface area contributed by atoms with Crippen LogP contribution in [0.5, 0.6) is 0 Å². The Morgan fingerprint density at radius 3 is 2.61 bits per heavy atom. The lowest BCUT2D eigenvalue weighted by molar-refractivity contribution is -0.120. The zero-order valence-corrected chi connectivity index (χ0v) is 19.6. The molecule has 1 aliphatic rings. The first-order valence-corrected chi connectivity index (χ1v) is 11.5. The predicted octanol–water partition coefficient (Wildman–Crippen LogP) is 4.92. The highest BCUT2D eigenvalue weighted by Crippen LogP contribution is 2.39. The third-order valence-electron chi connectivity index (χ3n) is 5.62. The van der Waals surface area contributed by atoms with Gasteiger partial charge in [0.25, 0.3) is 0 Å². The van der Waals surface area contributed by atoms with Gasteiger partial charge in [-0.3, -0.25) is 14.4 Å². The van der Waals surface area contributed by atoms with E-state index in [2.05, 4.69) is 24.0 Å². The van der Waals surface area contributed by atoms with Crippen molar-refractivity contribution in [3.05, 3.63) is 62.5 Å². The van der Waals surface area contributed by atoms with Crippen LogP contribution in [-0.4, -0.2) is 37.5 Å². The molecule has 3 aromatic rings. The van der Waals surface area contributed by atoms with E-state index in [0.29, 0.717) is 23.7 Å².